The molecule has 0 bridgehead atoms. The third-order valence-electron chi connectivity index (χ3n) is 6.69. The van der Waals surface area contributed by atoms with Gasteiger partial charge in [-0.1, -0.05) is 32.9 Å². The van der Waals surface area contributed by atoms with Crippen molar-refractivity contribution < 1.29 is 4.57 Å². The Hall–Kier alpha value is -2.30. The van der Waals surface area contributed by atoms with Crippen molar-refractivity contribution in [3.8, 4) is 0 Å². The molecule has 0 radical (unpaired) electrons. The predicted molar refractivity (Wildman–Crippen MR) is 103 cm³/mol. The second-order valence-corrected chi connectivity index (χ2v) is 7.50. The van der Waals surface area contributed by atoms with Gasteiger partial charge in [0, 0.05) is 18.5 Å². The third kappa shape index (κ3) is 2.01. The Morgan fingerprint density at radius 2 is 1.76 bits per heavy atom. The van der Waals surface area contributed by atoms with Crippen LogP contribution in [0.4, 0.5) is 11.6 Å². The SMILES string of the molecule is CCC1(C)B2N(c3ccccn3)C=CN2c2cccc[n+]2C1(C)CC. The zero-order valence-electron chi connectivity index (χ0n) is 15.6. The molecule has 0 saturated heterocycles. The van der Waals surface area contributed by atoms with Crippen molar-refractivity contribution in [2.75, 3.05) is 9.62 Å². The molecule has 0 amide bonds. The quantitative estimate of drug-likeness (QED) is 0.627. The van der Waals surface area contributed by atoms with Gasteiger partial charge in [-0.15, -0.1) is 0 Å². The highest BCUT2D eigenvalue weighted by Crippen LogP contribution is 2.55. The number of anilines is 2. The van der Waals surface area contributed by atoms with Gasteiger partial charge in [0.2, 0.25) is 0 Å². The smallest absolute Gasteiger partial charge is 0.331 e. The van der Waals surface area contributed by atoms with Crippen LogP contribution in [-0.2, 0) is 5.54 Å². The number of fused-ring (bicyclic) bond motifs is 3. The molecule has 25 heavy (non-hydrogen) atoms. The second-order valence-electron chi connectivity index (χ2n) is 7.50. The maximum atomic E-state index is 4.62. The van der Waals surface area contributed by atoms with E-state index < -0.39 is 0 Å². The van der Waals surface area contributed by atoms with Gasteiger partial charge in [-0.3, -0.25) is 4.81 Å². The van der Waals surface area contributed by atoms with Gasteiger partial charge in [-0.25, -0.2) is 9.55 Å². The summed E-state index contributed by atoms with van der Waals surface area (Å²) in [5.74, 6) is 2.26. The predicted octanol–water partition coefficient (Wildman–Crippen LogP) is 3.96. The van der Waals surface area contributed by atoms with E-state index >= 15 is 0 Å². The number of nitrogens with zero attached hydrogens (tertiary/aromatic N) is 4. The fourth-order valence-corrected chi connectivity index (χ4v) is 4.72. The molecule has 0 fully saturated rings. The molecule has 0 spiro atoms. The number of hydrogen-bond acceptors (Lipinski definition) is 3. The first-order valence-electron chi connectivity index (χ1n) is 9.24. The maximum Gasteiger partial charge on any atom is 0.517 e. The molecule has 4 rings (SSSR count). The lowest BCUT2D eigenvalue weighted by atomic mass is 9.39. The van der Waals surface area contributed by atoms with Gasteiger partial charge in [0.25, 0.3) is 5.82 Å². The molecular formula is C20H26BN4+. The van der Waals surface area contributed by atoms with E-state index in [-0.39, 0.29) is 17.8 Å². The van der Waals surface area contributed by atoms with Gasteiger partial charge in [0.15, 0.2) is 0 Å². The number of rotatable bonds is 3. The van der Waals surface area contributed by atoms with Crippen LogP contribution in [0.1, 0.15) is 40.5 Å². The summed E-state index contributed by atoms with van der Waals surface area (Å²) in [4.78, 5) is 9.38. The first-order valence-corrected chi connectivity index (χ1v) is 9.24. The van der Waals surface area contributed by atoms with Crippen LogP contribution >= 0.6 is 0 Å². The Kier molecular flexibility index (Phi) is 3.64. The molecule has 2 aliphatic rings. The molecule has 4 nitrogen and oxygen atoms in total. The van der Waals surface area contributed by atoms with Crippen LogP contribution in [0.3, 0.4) is 0 Å². The summed E-state index contributed by atoms with van der Waals surface area (Å²) < 4.78 is 2.47. The Morgan fingerprint density at radius 3 is 2.44 bits per heavy atom. The average Bonchev–Trinajstić information content (AvgIpc) is 3.12. The van der Waals surface area contributed by atoms with Crippen molar-refractivity contribution in [2.24, 2.45) is 0 Å². The van der Waals surface area contributed by atoms with E-state index in [1.165, 1.54) is 5.82 Å². The first kappa shape index (κ1) is 16.2. The molecule has 0 aromatic carbocycles. The zero-order chi connectivity index (χ0) is 17.7. The molecule has 2 atom stereocenters. The highest BCUT2D eigenvalue weighted by atomic mass is 15.4. The zero-order valence-corrected chi connectivity index (χ0v) is 15.6. The van der Waals surface area contributed by atoms with Gasteiger partial charge >= 0.3 is 6.98 Å². The van der Waals surface area contributed by atoms with Crippen LogP contribution in [0.5, 0.6) is 0 Å². The van der Waals surface area contributed by atoms with E-state index in [4.69, 9.17) is 0 Å². The van der Waals surface area contributed by atoms with Crippen LogP contribution in [0, 0.1) is 0 Å². The van der Waals surface area contributed by atoms with Crippen LogP contribution < -0.4 is 14.2 Å². The lowest BCUT2D eigenvalue weighted by Crippen LogP contribution is -2.74. The Morgan fingerprint density at radius 1 is 1.00 bits per heavy atom. The van der Waals surface area contributed by atoms with Gasteiger partial charge < -0.3 is 4.81 Å². The average molecular weight is 333 g/mol. The van der Waals surface area contributed by atoms with Crippen molar-refractivity contribution in [3.63, 3.8) is 0 Å². The summed E-state index contributed by atoms with van der Waals surface area (Å²) in [6, 6.07) is 12.6. The number of pyridine rings is 2. The highest BCUT2D eigenvalue weighted by Gasteiger charge is 2.68. The summed E-state index contributed by atoms with van der Waals surface area (Å²) in [6.45, 7) is 9.68. The minimum atomic E-state index is 0.0263. The summed E-state index contributed by atoms with van der Waals surface area (Å²) in [7, 11) is 0. The van der Waals surface area contributed by atoms with E-state index in [9.17, 15) is 0 Å². The van der Waals surface area contributed by atoms with Crippen LogP contribution in [0.15, 0.2) is 61.2 Å². The lowest BCUT2D eigenvalue weighted by Gasteiger charge is -2.51. The molecular weight excluding hydrogens is 307 g/mol. The minimum Gasteiger partial charge on any atom is -0.331 e. The third-order valence-corrected chi connectivity index (χ3v) is 6.69. The Bertz CT molecular complexity index is 808. The summed E-state index contributed by atoms with van der Waals surface area (Å²) in [6.07, 6.45) is 10.7. The van der Waals surface area contributed by atoms with Gasteiger partial charge in [0.1, 0.15) is 11.4 Å². The number of hydrogen-bond donors (Lipinski definition) is 0. The highest BCUT2D eigenvalue weighted by molar-refractivity contribution is 6.72. The molecule has 0 saturated carbocycles. The molecule has 0 aliphatic carbocycles. The summed E-state index contributed by atoms with van der Waals surface area (Å²) in [5, 5.41) is 0.0573. The molecule has 2 unspecified atom stereocenters. The van der Waals surface area contributed by atoms with Crippen molar-refractivity contribution in [1.82, 2.24) is 4.98 Å². The maximum absolute atomic E-state index is 4.62. The topological polar surface area (TPSA) is 23.3 Å². The monoisotopic (exact) mass is 333 g/mol. The van der Waals surface area contributed by atoms with Gasteiger partial charge in [0.05, 0.1) is 17.7 Å². The molecule has 4 heterocycles. The normalized spacial score (nSPS) is 27.4. The minimum absolute atomic E-state index is 0.0263. The molecule has 2 aliphatic heterocycles. The molecule has 5 heteroatoms. The van der Waals surface area contributed by atoms with Crippen molar-refractivity contribution in [3.05, 3.63) is 61.2 Å². The first-order chi connectivity index (χ1) is 12.1. The van der Waals surface area contributed by atoms with E-state index in [0.29, 0.717) is 0 Å². The van der Waals surface area contributed by atoms with Crippen LogP contribution in [0.25, 0.3) is 0 Å². The van der Waals surface area contributed by atoms with E-state index in [2.05, 4.69) is 95.8 Å². The Balaban J connectivity index is 1.93. The van der Waals surface area contributed by atoms with Crippen molar-refractivity contribution >= 4 is 18.6 Å². The second kappa shape index (κ2) is 5.62. The van der Waals surface area contributed by atoms with Crippen LogP contribution in [0.2, 0.25) is 5.31 Å². The van der Waals surface area contributed by atoms with E-state index in [0.717, 1.165) is 18.7 Å². The largest absolute Gasteiger partial charge is 0.517 e. The van der Waals surface area contributed by atoms with Crippen LogP contribution in [-0.4, -0.2) is 12.0 Å². The van der Waals surface area contributed by atoms with Crippen molar-refractivity contribution in [1.29, 1.82) is 0 Å². The standard InChI is InChI=1S/C20H26BN4/c1-5-19(3)20(4,6-2)23-14-10-8-12-18(23)25-16-15-24(21(19)25)17-11-7-9-13-22-17/h7-16H,5-6H2,1-4H3/q+1. The molecule has 0 N–H and O–H groups in total. The fourth-order valence-electron chi connectivity index (χ4n) is 4.72. The van der Waals surface area contributed by atoms with Gasteiger partial charge in [-0.2, -0.15) is 0 Å². The molecule has 2 aromatic rings. The van der Waals surface area contributed by atoms with Crippen molar-refractivity contribution in [2.45, 2.75) is 51.4 Å². The van der Waals surface area contributed by atoms with E-state index in [1.807, 2.05) is 12.3 Å². The lowest BCUT2D eigenvalue weighted by molar-refractivity contribution is -0.758. The molecule has 2 aromatic heterocycles. The van der Waals surface area contributed by atoms with E-state index in [1.54, 1.807) is 0 Å². The summed E-state index contributed by atoms with van der Waals surface area (Å²) >= 11 is 0. The summed E-state index contributed by atoms with van der Waals surface area (Å²) in [5.41, 5.74) is 0.0263. The fraction of sp³-hybridized carbons (Fsp3) is 0.400. The van der Waals surface area contributed by atoms with Gasteiger partial charge in [-0.05, 0) is 38.0 Å². The molecule has 128 valence electrons. The number of aromatic nitrogens is 2. The Labute approximate surface area is 150 Å².